The second-order valence-electron chi connectivity index (χ2n) is 5.85. The molecule has 0 bridgehead atoms. The Hall–Kier alpha value is -1.94. The van der Waals surface area contributed by atoms with Crippen LogP contribution < -0.4 is 4.90 Å². The molecule has 126 valence electrons. The second-order valence-corrected chi connectivity index (χ2v) is 7.71. The van der Waals surface area contributed by atoms with E-state index in [0.717, 1.165) is 6.42 Å². The molecule has 0 N–H and O–H groups in total. The Balaban J connectivity index is 1.96. The average molecular weight is 340 g/mol. The van der Waals surface area contributed by atoms with Crippen LogP contribution in [0.3, 0.4) is 0 Å². The highest BCUT2D eigenvalue weighted by Crippen LogP contribution is 2.36. The van der Waals surface area contributed by atoms with Gasteiger partial charge in [-0.15, -0.1) is 0 Å². The molecule has 0 saturated carbocycles. The number of aryl methyl sites for hydroxylation is 2. The summed E-state index contributed by atoms with van der Waals surface area (Å²) >= 11 is 0. The van der Waals surface area contributed by atoms with Gasteiger partial charge in [0.1, 0.15) is 10.9 Å². The third-order valence-electron chi connectivity index (χ3n) is 3.87. The first-order chi connectivity index (χ1) is 10.8. The molecule has 0 amide bonds. The van der Waals surface area contributed by atoms with E-state index in [-0.39, 0.29) is 4.90 Å². The van der Waals surface area contributed by atoms with Crippen LogP contribution in [0.2, 0.25) is 0 Å². The lowest BCUT2D eigenvalue weighted by Crippen LogP contribution is -2.31. The van der Waals surface area contributed by atoms with Crippen LogP contribution >= 0.6 is 0 Å². The first-order valence-corrected chi connectivity index (χ1v) is 8.77. The Morgan fingerprint density at radius 1 is 1.39 bits per heavy atom. The normalized spacial score (nSPS) is 19.4. The highest BCUT2D eigenvalue weighted by molar-refractivity contribution is 7.89. The average Bonchev–Trinajstić information content (AvgIpc) is 3.16. The van der Waals surface area contributed by atoms with Gasteiger partial charge in [0.2, 0.25) is 15.9 Å². The number of aromatic nitrogens is 4. The quantitative estimate of drug-likeness (QED) is 0.808. The van der Waals surface area contributed by atoms with E-state index in [0.29, 0.717) is 30.5 Å². The SMILES string of the molecule is Cc1nn(C)cc1S(=O)(=O)N1CCCC1c1nc(N(C)C)no1. The minimum atomic E-state index is -3.65. The summed E-state index contributed by atoms with van der Waals surface area (Å²) in [5, 5.41) is 8.00. The van der Waals surface area contributed by atoms with E-state index < -0.39 is 16.1 Å². The molecule has 1 saturated heterocycles. The minimum Gasteiger partial charge on any atom is -0.344 e. The standard InChI is InChI=1S/C13H20N6O3S/c1-9-11(8-18(4)15-9)23(20,21)19-7-5-6-10(19)12-14-13(16-22-12)17(2)3/h8,10H,5-7H2,1-4H3. The zero-order chi connectivity index (χ0) is 16.8. The van der Waals surface area contributed by atoms with Gasteiger partial charge < -0.3 is 9.42 Å². The number of nitrogens with zero attached hydrogens (tertiary/aromatic N) is 6. The smallest absolute Gasteiger partial charge is 0.265 e. The van der Waals surface area contributed by atoms with Crippen LogP contribution in [0.25, 0.3) is 0 Å². The van der Waals surface area contributed by atoms with Crippen molar-refractivity contribution in [3.8, 4) is 0 Å². The van der Waals surface area contributed by atoms with Gasteiger partial charge in [0.25, 0.3) is 5.95 Å². The lowest BCUT2D eigenvalue weighted by Gasteiger charge is -2.20. The lowest BCUT2D eigenvalue weighted by molar-refractivity contribution is 0.290. The molecule has 1 aliphatic rings. The second kappa shape index (κ2) is 5.60. The number of rotatable bonds is 4. The van der Waals surface area contributed by atoms with Crippen LogP contribution in [0, 0.1) is 6.92 Å². The molecule has 2 aromatic rings. The van der Waals surface area contributed by atoms with E-state index in [2.05, 4.69) is 15.2 Å². The first-order valence-electron chi connectivity index (χ1n) is 7.33. The van der Waals surface area contributed by atoms with Crippen molar-refractivity contribution in [2.45, 2.75) is 30.7 Å². The molecule has 9 nitrogen and oxygen atoms in total. The van der Waals surface area contributed by atoms with Gasteiger partial charge in [0.05, 0.1) is 5.69 Å². The van der Waals surface area contributed by atoms with Gasteiger partial charge in [-0.1, -0.05) is 0 Å². The minimum absolute atomic E-state index is 0.222. The Labute approximate surface area is 134 Å². The molecule has 0 spiro atoms. The largest absolute Gasteiger partial charge is 0.344 e. The van der Waals surface area contributed by atoms with Crippen molar-refractivity contribution in [1.29, 1.82) is 0 Å². The monoisotopic (exact) mass is 340 g/mol. The third kappa shape index (κ3) is 2.72. The van der Waals surface area contributed by atoms with Crippen molar-refractivity contribution < 1.29 is 12.9 Å². The van der Waals surface area contributed by atoms with Crippen molar-refractivity contribution in [2.75, 3.05) is 25.5 Å². The molecular formula is C13H20N6O3S. The summed E-state index contributed by atoms with van der Waals surface area (Å²) in [5.74, 6) is 0.762. The molecule has 1 atom stereocenters. The van der Waals surface area contributed by atoms with Crippen LogP contribution in [0.15, 0.2) is 15.6 Å². The summed E-state index contributed by atoms with van der Waals surface area (Å²) < 4.78 is 34.1. The van der Waals surface area contributed by atoms with Gasteiger partial charge in [-0.2, -0.15) is 14.4 Å². The van der Waals surface area contributed by atoms with E-state index >= 15 is 0 Å². The molecule has 0 aliphatic carbocycles. The van der Waals surface area contributed by atoms with Crippen LogP contribution in [0.4, 0.5) is 5.95 Å². The Bertz CT molecular complexity index is 810. The van der Waals surface area contributed by atoms with E-state index in [9.17, 15) is 8.42 Å². The molecule has 1 aliphatic heterocycles. The van der Waals surface area contributed by atoms with Crippen molar-refractivity contribution >= 4 is 16.0 Å². The highest BCUT2D eigenvalue weighted by Gasteiger charge is 2.40. The predicted molar refractivity (Wildman–Crippen MR) is 82.4 cm³/mol. The van der Waals surface area contributed by atoms with Gasteiger partial charge in [-0.25, -0.2) is 8.42 Å². The van der Waals surface area contributed by atoms with E-state index in [1.54, 1.807) is 33.0 Å². The van der Waals surface area contributed by atoms with Crippen LogP contribution in [-0.4, -0.2) is 53.3 Å². The maximum atomic E-state index is 13.0. The van der Waals surface area contributed by atoms with Crippen molar-refractivity contribution in [2.24, 2.45) is 7.05 Å². The fourth-order valence-electron chi connectivity index (χ4n) is 2.78. The highest BCUT2D eigenvalue weighted by atomic mass is 32.2. The van der Waals surface area contributed by atoms with Gasteiger partial charge >= 0.3 is 0 Å². The number of sulfonamides is 1. The maximum Gasteiger partial charge on any atom is 0.265 e. The summed E-state index contributed by atoms with van der Waals surface area (Å²) in [5.41, 5.74) is 0.484. The van der Waals surface area contributed by atoms with Crippen LogP contribution in [0.5, 0.6) is 0 Å². The Morgan fingerprint density at radius 2 is 2.13 bits per heavy atom. The zero-order valence-corrected chi connectivity index (χ0v) is 14.4. The Kier molecular flexibility index (Phi) is 3.88. The zero-order valence-electron chi connectivity index (χ0n) is 13.6. The van der Waals surface area contributed by atoms with Crippen molar-refractivity contribution in [1.82, 2.24) is 24.2 Å². The molecule has 10 heteroatoms. The maximum absolute atomic E-state index is 13.0. The summed E-state index contributed by atoms with van der Waals surface area (Å²) in [6.45, 7) is 2.12. The number of hydrogen-bond acceptors (Lipinski definition) is 7. The fourth-order valence-corrected chi connectivity index (χ4v) is 4.63. The number of anilines is 1. The van der Waals surface area contributed by atoms with Gasteiger partial charge in [-0.05, 0) is 24.9 Å². The molecule has 3 heterocycles. The topological polar surface area (TPSA) is 97.4 Å². The summed E-state index contributed by atoms with van der Waals surface area (Å²) in [4.78, 5) is 6.23. The fraction of sp³-hybridized carbons (Fsp3) is 0.615. The van der Waals surface area contributed by atoms with Crippen molar-refractivity contribution in [3.05, 3.63) is 17.8 Å². The van der Waals surface area contributed by atoms with Crippen LogP contribution in [0.1, 0.15) is 30.5 Å². The van der Waals surface area contributed by atoms with E-state index in [4.69, 9.17) is 4.52 Å². The molecule has 1 fully saturated rings. The van der Waals surface area contributed by atoms with Gasteiger partial charge in [0, 0.05) is 33.9 Å². The van der Waals surface area contributed by atoms with E-state index in [1.807, 2.05) is 0 Å². The van der Waals surface area contributed by atoms with E-state index in [1.165, 1.54) is 15.2 Å². The number of hydrogen-bond donors (Lipinski definition) is 0. The summed E-state index contributed by atoms with van der Waals surface area (Å²) in [7, 11) is 1.66. The summed E-state index contributed by atoms with van der Waals surface area (Å²) in [6.07, 6.45) is 2.94. The molecule has 0 radical (unpaired) electrons. The van der Waals surface area contributed by atoms with Crippen molar-refractivity contribution in [3.63, 3.8) is 0 Å². The lowest BCUT2D eigenvalue weighted by atomic mass is 10.2. The van der Waals surface area contributed by atoms with Gasteiger partial charge in [-0.3, -0.25) is 4.68 Å². The summed E-state index contributed by atoms with van der Waals surface area (Å²) in [6, 6.07) is -0.430. The molecule has 2 aromatic heterocycles. The Morgan fingerprint density at radius 3 is 2.70 bits per heavy atom. The molecule has 23 heavy (non-hydrogen) atoms. The predicted octanol–water partition coefficient (Wildman–Crippen LogP) is 0.703. The molecule has 0 aromatic carbocycles. The first kappa shape index (κ1) is 15.9. The molecule has 1 unspecified atom stereocenters. The third-order valence-corrected chi connectivity index (χ3v) is 5.89. The van der Waals surface area contributed by atoms with Gasteiger partial charge in [0.15, 0.2) is 0 Å². The molecule has 3 rings (SSSR count). The molecular weight excluding hydrogens is 320 g/mol. The van der Waals surface area contributed by atoms with Crippen LogP contribution in [-0.2, 0) is 17.1 Å².